The molecule has 6 heteroatoms. The van der Waals surface area contributed by atoms with Crippen molar-refractivity contribution in [1.82, 2.24) is 9.80 Å². The van der Waals surface area contributed by atoms with E-state index in [1.807, 2.05) is 86.6 Å². The van der Waals surface area contributed by atoms with E-state index in [0.29, 0.717) is 13.1 Å². The van der Waals surface area contributed by atoms with Crippen molar-refractivity contribution in [1.29, 1.82) is 0 Å². The van der Waals surface area contributed by atoms with Gasteiger partial charge < -0.3 is 10.2 Å². The van der Waals surface area contributed by atoms with E-state index >= 15 is 0 Å². The van der Waals surface area contributed by atoms with Crippen LogP contribution in [0, 0.1) is 0 Å². The third-order valence-electron chi connectivity index (χ3n) is 4.64. The molecule has 0 heterocycles. The lowest BCUT2D eigenvalue weighted by Gasteiger charge is -2.31. The van der Waals surface area contributed by atoms with Crippen LogP contribution in [0.2, 0.25) is 0 Å². The van der Waals surface area contributed by atoms with Crippen LogP contribution in [0.4, 0.5) is 5.69 Å². The maximum Gasteiger partial charge on any atom is 0.244 e. The Kier molecular flexibility index (Phi) is 8.54. The molecule has 0 aliphatic heterocycles. The van der Waals surface area contributed by atoms with Gasteiger partial charge in [-0.15, -0.1) is 11.8 Å². The van der Waals surface area contributed by atoms with Gasteiger partial charge in [-0.3, -0.25) is 14.5 Å². The van der Waals surface area contributed by atoms with Crippen molar-refractivity contribution in [2.24, 2.45) is 0 Å². The lowest BCUT2D eigenvalue weighted by Crippen LogP contribution is -2.44. The molecule has 0 radical (unpaired) electrons. The average molecular weight is 400 g/mol. The Labute approximate surface area is 172 Å². The average Bonchev–Trinajstić information content (AvgIpc) is 2.70. The van der Waals surface area contributed by atoms with Crippen molar-refractivity contribution in [3.8, 4) is 0 Å². The van der Waals surface area contributed by atoms with Crippen LogP contribution in [0.5, 0.6) is 0 Å². The zero-order chi connectivity index (χ0) is 20.5. The molecule has 0 saturated heterocycles. The molecule has 0 unspecified atom stereocenters. The van der Waals surface area contributed by atoms with E-state index in [9.17, 15) is 9.59 Å². The second kappa shape index (κ2) is 10.9. The predicted molar refractivity (Wildman–Crippen MR) is 117 cm³/mol. The van der Waals surface area contributed by atoms with Crippen LogP contribution in [0.15, 0.2) is 59.5 Å². The van der Waals surface area contributed by atoms with E-state index in [-0.39, 0.29) is 18.4 Å². The van der Waals surface area contributed by atoms with Crippen molar-refractivity contribution in [2.45, 2.75) is 24.8 Å². The Hall–Kier alpha value is -2.31. The number of thioether (sulfide) groups is 1. The molecule has 0 aliphatic carbocycles. The van der Waals surface area contributed by atoms with Gasteiger partial charge in [-0.1, -0.05) is 42.5 Å². The Bertz CT molecular complexity index is 778. The van der Waals surface area contributed by atoms with Gasteiger partial charge in [0.15, 0.2) is 0 Å². The van der Waals surface area contributed by atoms with Crippen LogP contribution in [0.3, 0.4) is 0 Å². The molecule has 0 bridgehead atoms. The summed E-state index contributed by atoms with van der Waals surface area (Å²) in [5.41, 5.74) is 1.68. The van der Waals surface area contributed by atoms with Gasteiger partial charge in [-0.05, 0) is 44.8 Å². The van der Waals surface area contributed by atoms with E-state index in [0.717, 1.165) is 16.1 Å². The Morgan fingerprint density at radius 1 is 1.00 bits per heavy atom. The lowest BCUT2D eigenvalue weighted by molar-refractivity contribution is -0.137. The van der Waals surface area contributed by atoms with Gasteiger partial charge in [-0.2, -0.15) is 0 Å². The van der Waals surface area contributed by atoms with Crippen molar-refractivity contribution in [2.75, 3.05) is 38.3 Å². The smallest absolute Gasteiger partial charge is 0.244 e. The lowest BCUT2D eigenvalue weighted by atomic mass is 10.0. The van der Waals surface area contributed by atoms with Crippen molar-refractivity contribution in [3.05, 3.63) is 60.2 Å². The van der Waals surface area contributed by atoms with Gasteiger partial charge in [0.25, 0.3) is 0 Å². The third kappa shape index (κ3) is 5.59. The highest BCUT2D eigenvalue weighted by Gasteiger charge is 2.29. The fraction of sp³-hybridized carbons (Fsp3) is 0.364. The number of amides is 2. The summed E-state index contributed by atoms with van der Waals surface area (Å²) in [6, 6.07) is 16.8. The first-order chi connectivity index (χ1) is 13.5. The summed E-state index contributed by atoms with van der Waals surface area (Å²) >= 11 is 1.59. The largest absolute Gasteiger partial charge is 0.342 e. The highest BCUT2D eigenvalue weighted by molar-refractivity contribution is 7.98. The topological polar surface area (TPSA) is 52.7 Å². The Morgan fingerprint density at radius 3 is 2.21 bits per heavy atom. The molecular weight excluding hydrogens is 370 g/mol. The fourth-order valence-corrected chi connectivity index (χ4v) is 3.74. The van der Waals surface area contributed by atoms with Crippen LogP contribution >= 0.6 is 11.8 Å². The second-order valence-electron chi connectivity index (χ2n) is 6.49. The highest BCUT2D eigenvalue weighted by atomic mass is 32.2. The molecule has 0 fully saturated rings. The quantitative estimate of drug-likeness (QED) is 0.650. The number of carbonyl (C=O) groups is 2. The zero-order valence-corrected chi connectivity index (χ0v) is 17.8. The van der Waals surface area contributed by atoms with Crippen molar-refractivity contribution >= 4 is 29.3 Å². The van der Waals surface area contributed by atoms with Crippen LogP contribution in [0.1, 0.15) is 25.5 Å². The minimum Gasteiger partial charge on any atom is -0.342 e. The molecule has 0 saturated carbocycles. The molecule has 0 aromatic heterocycles. The van der Waals surface area contributed by atoms with Gasteiger partial charge in [-0.25, -0.2) is 0 Å². The first-order valence-corrected chi connectivity index (χ1v) is 10.7. The second-order valence-corrected chi connectivity index (χ2v) is 7.34. The molecule has 2 rings (SSSR count). The molecule has 2 aromatic rings. The molecule has 1 N–H and O–H groups in total. The molecule has 28 heavy (non-hydrogen) atoms. The number of rotatable bonds is 9. The number of nitrogens with zero attached hydrogens (tertiary/aromatic N) is 2. The first-order valence-electron chi connectivity index (χ1n) is 9.48. The third-order valence-corrected chi connectivity index (χ3v) is 5.44. The summed E-state index contributed by atoms with van der Waals surface area (Å²) in [7, 11) is 1.82. The Morgan fingerprint density at radius 2 is 1.61 bits per heavy atom. The fourth-order valence-electron chi connectivity index (χ4n) is 3.18. The molecular formula is C22H29N3O2S. The molecule has 150 valence electrons. The maximum absolute atomic E-state index is 13.1. The molecule has 2 aromatic carbocycles. The van der Waals surface area contributed by atoms with Gasteiger partial charge in [0.2, 0.25) is 11.8 Å². The highest BCUT2D eigenvalue weighted by Crippen LogP contribution is 2.25. The standard InChI is InChI=1S/C22H29N3O2S/c1-5-25(6-2)22(27)21(17-12-8-7-9-13-17)24(3)16-20(26)23-18-14-10-11-15-19(18)28-4/h7-15,21H,5-6,16H2,1-4H3,(H,23,26)/t21-/m0/s1. The van der Waals surface area contributed by atoms with Gasteiger partial charge in [0.05, 0.1) is 12.2 Å². The molecule has 0 aliphatic rings. The molecule has 5 nitrogen and oxygen atoms in total. The summed E-state index contributed by atoms with van der Waals surface area (Å²) in [5.74, 6) is -0.131. The van der Waals surface area contributed by atoms with Crippen molar-refractivity contribution < 1.29 is 9.59 Å². The minimum absolute atomic E-state index is 0.0102. The molecule has 1 atom stereocenters. The van der Waals surface area contributed by atoms with Gasteiger partial charge in [0.1, 0.15) is 6.04 Å². The number of hydrogen-bond acceptors (Lipinski definition) is 4. The predicted octanol–water partition coefficient (Wildman–Crippen LogP) is 3.89. The number of carbonyl (C=O) groups excluding carboxylic acids is 2. The summed E-state index contributed by atoms with van der Waals surface area (Å²) in [4.78, 5) is 30.4. The number of hydrogen-bond donors (Lipinski definition) is 1. The van der Waals surface area contributed by atoms with Crippen LogP contribution in [-0.4, -0.2) is 54.6 Å². The summed E-state index contributed by atoms with van der Waals surface area (Å²) in [6.45, 7) is 5.33. The summed E-state index contributed by atoms with van der Waals surface area (Å²) in [5, 5.41) is 2.97. The van der Waals surface area contributed by atoms with E-state index in [2.05, 4.69) is 5.32 Å². The number of para-hydroxylation sites is 1. The molecule has 0 spiro atoms. The number of anilines is 1. The first kappa shape index (κ1) is 22.0. The van der Waals surface area contributed by atoms with Gasteiger partial charge in [0, 0.05) is 18.0 Å². The summed E-state index contributed by atoms with van der Waals surface area (Å²) in [6.07, 6.45) is 1.98. The number of likely N-dealkylation sites (N-methyl/N-ethyl adjacent to an activating group) is 2. The van der Waals surface area contributed by atoms with E-state index in [1.165, 1.54) is 0 Å². The normalized spacial score (nSPS) is 11.9. The Balaban J connectivity index is 2.19. The van der Waals surface area contributed by atoms with Gasteiger partial charge >= 0.3 is 0 Å². The van der Waals surface area contributed by atoms with Crippen LogP contribution in [-0.2, 0) is 9.59 Å². The van der Waals surface area contributed by atoms with Crippen molar-refractivity contribution in [3.63, 3.8) is 0 Å². The monoisotopic (exact) mass is 399 g/mol. The minimum atomic E-state index is -0.498. The van der Waals surface area contributed by atoms with Crippen LogP contribution < -0.4 is 5.32 Å². The van der Waals surface area contributed by atoms with E-state index in [4.69, 9.17) is 0 Å². The van der Waals surface area contributed by atoms with Crippen LogP contribution in [0.25, 0.3) is 0 Å². The van der Waals surface area contributed by atoms with E-state index in [1.54, 1.807) is 16.7 Å². The SMILES string of the molecule is CCN(CC)C(=O)[C@H](c1ccccc1)N(C)CC(=O)Nc1ccccc1SC. The number of benzene rings is 2. The molecule has 2 amide bonds. The summed E-state index contributed by atoms with van der Waals surface area (Å²) < 4.78 is 0. The van der Waals surface area contributed by atoms with E-state index < -0.39 is 6.04 Å². The number of nitrogens with one attached hydrogen (secondary N) is 1. The maximum atomic E-state index is 13.1. The zero-order valence-electron chi connectivity index (χ0n) is 17.0.